The average molecular weight is 327 g/mol. The topological polar surface area (TPSA) is 69.4 Å². The van der Waals surface area contributed by atoms with Crippen molar-refractivity contribution in [2.45, 2.75) is 38.7 Å². The van der Waals surface area contributed by atoms with Crippen molar-refractivity contribution < 1.29 is 14.5 Å². The Hall–Kier alpha value is -2.69. The molecule has 0 unspecified atom stereocenters. The minimum atomic E-state index is -0.494. The van der Waals surface area contributed by atoms with Crippen LogP contribution in [0, 0.1) is 10.1 Å². The lowest BCUT2D eigenvalue weighted by Gasteiger charge is -2.25. The van der Waals surface area contributed by atoms with E-state index < -0.39 is 10.9 Å². The van der Waals surface area contributed by atoms with Gasteiger partial charge in [-0.3, -0.25) is 10.1 Å². The fourth-order valence-electron chi connectivity index (χ4n) is 2.79. The molecule has 0 fully saturated rings. The molecule has 0 amide bonds. The van der Waals surface area contributed by atoms with Gasteiger partial charge in [-0.25, -0.2) is 4.79 Å². The summed E-state index contributed by atoms with van der Waals surface area (Å²) in [6.07, 6.45) is 1.32. The Bertz CT molecular complexity index is 682. The maximum atomic E-state index is 12.4. The van der Waals surface area contributed by atoms with Crippen molar-refractivity contribution in [3.8, 4) is 0 Å². The van der Waals surface area contributed by atoms with Gasteiger partial charge in [-0.1, -0.05) is 44.2 Å². The Balaban J connectivity index is 2.13. The van der Waals surface area contributed by atoms with Crippen LogP contribution in [-0.2, 0) is 4.74 Å². The lowest BCUT2D eigenvalue weighted by Crippen LogP contribution is -2.25. The van der Waals surface area contributed by atoms with Gasteiger partial charge in [-0.15, -0.1) is 0 Å². The molecule has 126 valence electrons. The smallest absolute Gasteiger partial charge is 0.338 e. The second-order valence-corrected chi connectivity index (χ2v) is 5.58. The van der Waals surface area contributed by atoms with Gasteiger partial charge >= 0.3 is 5.97 Å². The van der Waals surface area contributed by atoms with Crippen LogP contribution < -0.4 is 0 Å². The molecule has 0 aliphatic heterocycles. The molecule has 0 bridgehead atoms. The summed E-state index contributed by atoms with van der Waals surface area (Å²) < 4.78 is 5.68. The monoisotopic (exact) mass is 327 g/mol. The molecule has 0 aromatic heterocycles. The number of benzene rings is 2. The molecule has 0 N–H and O–H groups in total. The number of nitro groups is 1. The van der Waals surface area contributed by atoms with Crippen LogP contribution in [-0.4, -0.2) is 17.0 Å². The molecule has 2 rings (SSSR count). The van der Waals surface area contributed by atoms with E-state index >= 15 is 0 Å². The Kier molecular flexibility index (Phi) is 6.07. The molecular weight excluding hydrogens is 306 g/mol. The number of non-ortho nitro benzene ring substituents is 1. The van der Waals surface area contributed by atoms with Crippen LogP contribution in [0.3, 0.4) is 0 Å². The standard InChI is InChI=1S/C19H21NO4/c1-3-17(14-8-6-5-7-9-14)18(4-2)24-19(21)15-10-12-16(13-11-15)20(22)23/h5-13,17-18H,3-4H2,1-2H3/t17-,18-/m1/s1. The molecular formula is C19H21NO4. The zero-order chi connectivity index (χ0) is 17.5. The van der Waals surface area contributed by atoms with Crippen LogP contribution in [0.4, 0.5) is 5.69 Å². The Morgan fingerprint density at radius 1 is 1.04 bits per heavy atom. The Morgan fingerprint density at radius 3 is 2.17 bits per heavy atom. The number of hydrogen-bond donors (Lipinski definition) is 0. The van der Waals surface area contributed by atoms with Gasteiger partial charge in [-0.05, 0) is 30.5 Å². The molecule has 5 nitrogen and oxygen atoms in total. The zero-order valence-corrected chi connectivity index (χ0v) is 13.8. The lowest BCUT2D eigenvalue weighted by molar-refractivity contribution is -0.384. The molecule has 0 spiro atoms. The van der Waals surface area contributed by atoms with E-state index in [-0.39, 0.29) is 17.7 Å². The van der Waals surface area contributed by atoms with Gasteiger partial charge in [0.2, 0.25) is 0 Å². The van der Waals surface area contributed by atoms with E-state index in [1.165, 1.54) is 24.3 Å². The van der Waals surface area contributed by atoms with Crippen molar-refractivity contribution in [1.29, 1.82) is 0 Å². The number of rotatable bonds is 7. The van der Waals surface area contributed by atoms with Gasteiger partial charge in [0.1, 0.15) is 6.10 Å². The largest absolute Gasteiger partial charge is 0.458 e. The summed E-state index contributed by atoms with van der Waals surface area (Å²) in [5.41, 5.74) is 1.42. The number of hydrogen-bond acceptors (Lipinski definition) is 4. The van der Waals surface area contributed by atoms with E-state index in [0.29, 0.717) is 12.0 Å². The Morgan fingerprint density at radius 2 is 1.67 bits per heavy atom. The minimum absolute atomic E-state index is 0.0469. The molecule has 0 radical (unpaired) electrons. The summed E-state index contributed by atoms with van der Waals surface area (Å²) in [7, 11) is 0. The molecule has 2 aromatic rings. The minimum Gasteiger partial charge on any atom is -0.458 e. The molecule has 2 aromatic carbocycles. The highest BCUT2D eigenvalue weighted by atomic mass is 16.6. The second kappa shape index (κ2) is 8.24. The van der Waals surface area contributed by atoms with E-state index in [0.717, 1.165) is 12.0 Å². The molecule has 0 heterocycles. The first kappa shape index (κ1) is 17.7. The van der Waals surface area contributed by atoms with Crippen LogP contribution in [0.2, 0.25) is 0 Å². The van der Waals surface area contributed by atoms with Crippen LogP contribution >= 0.6 is 0 Å². The summed E-state index contributed by atoms with van der Waals surface area (Å²) in [4.78, 5) is 22.5. The van der Waals surface area contributed by atoms with Crippen molar-refractivity contribution in [3.63, 3.8) is 0 Å². The summed E-state index contributed by atoms with van der Waals surface area (Å²) in [5.74, 6) is -0.329. The second-order valence-electron chi connectivity index (χ2n) is 5.58. The van der Waals surface area contributed by atoms with Crippen molar-refractivity contribution >= 4 is 11.7 Å². The molecule has 0 saturated heterocycles. The highest BCUT2D eigenvalue weighted by Crippen LogP contribution is 2.28. The quantitative estimate of drug-likeness (QED) is 0.419. The number of carbonyl (C=O) groups is 1. The van der Waals surface area contributed by atoms with E-state index in [2.05, 4.69) is 6.92 Å². The third kappa shape index (κ3) is 4.19. The van der Waals surface area contributed by atoms with Gasteiger partial charge < -0.3 is 4.74 Å². The third-order valence-electron chi connectivity index (χ3n) is 4.09. The summed E-state index contributed by atoms with van der Waals surface area (Å²) in [6, 6.07) is 15.5. The SMILES string of the molecule is CC[C@H](c1ccccc1)[C@@H](CC)OC(=O)c1ccc([N+](=O)[O-])cc1. The first-order valence-electron chi connectivity index (χ1n) is 8.07. The van der Waals surface area contributed by atoms with Gasteiger partial charge in [0.05, 0.1) is 10.5 Å². The summed E-state index contributed by atoms with van der Waals surface area (Å²) in [6.45, 7) is 4.05. The van der Waals surface area contributed by atoms with Gasteiger partial charge in [-0.2, -0.15) is 0 Å². The normalized spacial score (nSPS) is 13.1. The van der Waals surface area contributed by atoms with E-state index in [1.54, 1.807) is 0 Å². The fraction of sp³-hybridized carbons (Fsp3) is 0.316. The summed E-state index contributed by atoms with van der Waals surface area (Å²) in [5, 5.41) is 10.7. The van der Waals surface area contributed by atoms with Crippen molar-refractivity contribution in [2.75, 3.05) is 0 Å². The lowest BCUT2D eigenvalue weighted by atomic mass is 9.89. The highest BCUT2D eigenvalue weighted by molar-refractivity contribution is 5.89. The fourth-order valence-corrected chi connectivity index (χ4v) is 2.79. The number of esters is 1. The maximum Gasteiger partial charge on any atom is 0.338 e. The van der Waals surface area contributed by atoms with Crippen LogP contribution in [0.25, 0.3) is 0 Å². The first-order chi connectivity index (χ1) is 11.6. The zero-order valence-electron chi connectivity index (χ0n) is 13.8. The molecule has 24 heavy (non-hydrogen) atoms. The van der Waals surface area contributed by atoms with Crippen LogP contribution in [0.15, 0.2) is 54.6 Å². The number of nitro benzene ring substituents is 1. The van der Waals surface area contributed by atoms with Gasteiger partial charge in [0.15, 0.2) is 0 Å². The summed E-state index contributed by atoms with van der Waals surface area (Å²) >= 11 is 0. The van der Waals surface area contributed by atoms with Gasteiger partial charge in [0, 0.05) is 18.1 Å². The third-order valence-corrected chi connectivity index (χ3v) is 4.09. The molecule has 0 saturated carbocycles. The van der Waals surface area contributed by atoms with E-state index in [1.807, 2.05) is 37.3 Å². The van der Waals surface area contributed by atoms with Crippen LogP contribution in [0.1, 0.15) is 48.5 Å². The number of nitrogens with zero attached hydrogens (tertiary/aromatic N) is 1. The molecule has 2 atom stereocenters. The van der Waals surface area contributed by atoms with E-state index in [4.69, 9.17) is 4.74 Å². The highest BCUT2D eigenvalue weighted by Gasteiger charge is 2.24. The van der Waals surface area contributed by atoms with Crippen molar-refractivity contribution in [3.05, 3.63) is 75.8 Å². The molecule has 0 aliphatic rings. The predicted molar refractivity (Wildman–Crippen MR) is 92.1 cm³/mol. The van der Waals surface area contributed by atoms with Crippen molar-refractivity contribution in [2.24, 2.45) is 0 Å². The maximum absolute atomic E-state index is 12.4. The van der Waals surface area contributed by atoms with Crippen LogP contribution in [0.5, 0.6) is 0 Å². The number of carbonyl (C=O) groups excluding carboxylic acids is 1. The predicted octanol–water partition coefficient (Wildman–Crippen LogP) is 4.72. The molecule has 5 heteroatoms. The molecule has 0 aliphatic carbocycles. The number of ether oxygens (including phenoxy) is 1. The Labute approximate surface area is 141 Å². The average Bonchev–Trinajstić information content (AvgIpc) is 2.62. The van der Waals surface area contributed by atoms with Crippen molar-refractivity contribution in [1.82, 2.24) is 0 Å². The first-order valence-corrected chi connectivity index (χ1v) is 8.07. The van der Waals surface area contributed by atoms with E-state index in [9.17, 15) is 14.9 Å². The van der Waals surface area contributed by atoms with Gasteiger partial charge in [0.25, 0.3) is 5.69 Å².